The molecule has 1 aliphatic rings. The summed E-state index contributed by atoms with van der Waals surface area (Å²) in [4.78, 5) is 16.1. The molecular formula is C22H29ClN3O+. The van der Waals surface area contributed by atoms with E-state index in [2.05, 4.69) is 55.3 Å². The molecule has 3 rings (SSSR count). The van der Waals surface area contributed by atoms with Crippen molar-refractivity contribution in [3.63, 3.8) is 0 Å². The fraction of sp³-hybridized carbons (Fsp3) is 0.409. The second-order valence-electron chi connectivity index (χ2n) is 7.53. The van der Waals surface area contributed by atoms with Crippen LogP contribution >= 0.6 is 11.6 Å². The molecule has 2 N–H and O–H groups in total. The summed E-state index contributed by atoms with van der Waals surface area (Å²) in [7, 11) is 0. The van der Waals surface area contributed by atoms with E-state index in [1.807, 2.05) is 18.2 Å². The van der Waals surface area contributed by atoms with Crippen molar-refractivity contribution in [3.05, 3.63) is 64.2 Å². The number of piperazine rings is 1. The average molecular weight is 387 g/mol. The molecule has 0 aliphatic carbocycles. The van der Waals surface area contributed by atoms with Crippen molar-refractivity contribution < 1.29 is 9.69 Å². The second-order valence-corrected chi connectivity index (χ2v) is 7.96. The topological polar surface area (TPSA) is 36.8 Å². The number of nitrogens with one attached hydrogen (secondary N) is 2. The van der Waals surface area contributed by atoms with Crippen molar-refractivity contribution in [1.82, 2.24) is 5.32 Å². The Kier molecular flexibility index (Phi) is 6.40. The molecule has 1 fully saturated rings. The molecule has 144 valence electrons. The minimum atomic E-state index is 0.0314. The normalized spacial score (nSPS) is 16.2. The van der Waals surface area contributed by atoms with Gasteiger partial charge in [-0.15, -0.1) is 0 Å². The highest BCUT2D eigenvalue weighted by molar-refractivity contribution is 6.30. The Balaban J connectivity index is 1.48. The first-order chi connectivity index (χ1) is 12.9. The Morgan fingerprint density at radius 1 is 1.15 bits per heavy atom. The zero-order valence-electron chi connectivity index (χ0n) is 16.4. The number of carbonyl (C=O) groups is 1. The van der Waals surface area contributed by atoms with Gasteiger partial charge in [-0.2, -0.15) is 0 Å². The molecule has 1 amide bonds. The van der Waals surface area contributed by atoms with E-state index in [0.717, 1.165) is 42.5 Å². The highest BCUT2D eigenvalue weighted by atomic mass is 35.5. The largest absolute Gasteiger partial charge is 0.360 e. The first-order valence-electron chi connectivity index (χ1n) is 9.63. The first kappa shape index (κ1) is 19.7. The number of rotatable bonds is 5. The van der Waals surface area contributed by atoms with Crippen LogP contribution in [0.4, 0.5) is 5.69 Å². The van der Waals surface area contributed by atoms with Crippen molar-refractivity contribution in [2.24, 2.45) is 0 Å². The third kappa shape index (κ3) is 5.24. The van der Waals surface area contributed by atoms with Gasteiger partial charge < -0.3 is 15.1 Å². The minimum Gasteiger partial charge on any atom is -0.360 e. The van der Waals surface area contributed by atoms with Crippen molar-refractivity contribution in [1.29, 1.82) is 0 Å². The molecule has 5 heteroatoms. The predicted molar refractivity (Wildman–Crippen MR) is 112 cm³/mol. The van der Waals surface area contributed by atoms with Gasteiger partial charge in [0.1, 0.15) is 0 Å². The van der Waals surface area contributed by atoms with Gasteiger partial charge in [0.05, 0.1) is 32.2 Å². The van der Waals surface area contributed by atoms with Gasteiger partial charge in [0.15, 0.2) is 6.54 Å². The Labute approximate surface area is 167 Å². The number of anilines is 1. The van der Waals surface area contributed by atoms with Gasteiger partial charge in [-0.1, -0.05) is 35.9 Å². The zero-order valence-corrected chi connectivity index (χ0v) is 17.1. The summed E-state index contributed by atoms with van der Waals surface area (Å²) in [6.45, 7) is 10.6. The number of halogens is 1. The molecule has 0 bridgehead atoms. The molecule has 1 heterocycles. The lowest BCUT2D eigenvalue weighted by molar-refractivity contribution is -0.892. The summed E-state index contributed by atoms with van der Waals surface area (Å²) in [5.41, 5.74) is 4.86. The molecule has 1 saturated heterocycles. The number of nitrogens with zero attached hydrogens (tertiary/aromatic N) is 1. The SMILES string of the molecule is Cc1ccc([C@@H](C)NC(=O)C[NH+]2CCN(c3cccc(Cl)c3)CC2)cc1C. The standard InChI is InChI=1S/C22H28ClN3O/c1-16-7-8-19(13-17(16)2)18(3)24-22(27)15-25-9-11-26(12-10-25)21-6-4-5-20(23)14-21/h4-8,13-14,18H,9-12,15H2,1-3H3,(H,24,27)/p+1/t18-/m1/s1. The van der Waals surface area contributed by atoms with E-state index < -0.39 is 0 Å². The fourth-order valence-corrected chi connectivity index (χ4v) is 3.75. The summed E-state index contributed by atoms with van der Waals surface area (Å²) >= 11 is 6.09. The first-order valence-corrected chi connectivity index (χ1v) is 10.0. The quantitative estimate of drug-likeness (QED) is 0.828. The summed E-state index contributed by atoms with van der Waals surface area (Å²) in [5, 5.41) is 3.92. The Morgan fingerprint density at radius 2 is 1.89 bits per heavy atom. The van der Waals surface area contributed by atoms with E-state index in [0.29, 0.717) is 6.54 Å². The maximum atomic E-state index is 12.5. The molecule has 0 aromatic heterocycles. The van der Waals surface area contributed by atoms with Crippen LogP contribution in [0.1, 0.15) is 29.7 Å². The van der Waals surface area contributed by atoms with E-state index in [1.54, 1.807) is 0 Å². The summed E-state index contributed by atoms with van der Waals surface area (Å²) < 4.78 is 0. The maximum Gasteiger partial charge on any atom is 0.275 e. The van der Waals surface area contributed by atoms with Crippen LogP contribution in [0.3, 0.4) is 0 Å². The molecule has 0 radical (unpaired) electrons. The van der Waals surface area contributed by atoms with E-state index in [4.69, 9.17) is 11.6 Å². The predicted octanol–water partition coefficient (Wildman–Crippen LogP) is 2.54. The minimum absolute atomic E-state index is 0.0314. The van der Waals surface area contributed by atoms with Crippen LogP contribution in [-0.2, 0) is 4.79 Å². The van der Waals surface area contributed by atoms with E-state index in [-0.39, 0.29) is 11.9 Å². The number of aryl methyl sites for hydroxylation is 2. The van der Waals surface area contributed by atoms with Crippen LogP contribution < -0.4 is 15.1 Å². The van der Waals surface area contributed by atoms with Gasteiger partial charge in [0.2, 0.25) is 0 Å². The number of amides is 1. The molecule has 4 nitrogen and oxygen atoms in total. The molecule has 1 atom stereocenters. The lowest BCUT2D eigenvalue weighted by atomic mass is 10.0. The highest BCUT2D eigenvalue weighted by Crippen LogP contribution is 2.19. The molecule has 2 aromatic carbocycles. The van der Waals surface area contributed by atoms with Crippen LogP contribution in [0, 0.1) is 13.8 Å². The van der Waals surface area contributed by atoms with Crippen LogP contribution in [0.15, 0.2) is 42.5 Å². The van der Waals surface area contributed by atoms with Crippen molar-refractivity contribution in [3.8, 4) is 0 Å². The van der Waals surface area contributed by atoms with Crippen molar-refractivity contribution >= 4 is 23.2 Å². The molecule has 2 aromatic rings. The van der Waals surface area contributed by atoms with Gasteiger partial charge in [0.25, 0.3) is 5.91 Å². The second kappa shape index (κ2) is 8.77. The van der Waals surface area contributed by atoms with Crippen molar-refractivity contribution in [2.75, 3.05) is 37.6 Å². The van der Waals surface area contributed by atoms with Crippen molar-refractivity contribution in [2.45, 2.75) is 26.8 Å². The maximum absolute atomic E-state index is 12.5. The highest BCUT2D eigenvalue weighted by Gasteiger charge is 2.23. The van der Waals surface area contributed by atoms with Crippen LogP contribution in [0.2, 0.25) is 5.02 Å². The summed E-state index contributed by atoms with van der Waals surface area (Å²) in [5.74, 6) is 0.118. The lowest BCUT2D eigenvalue weighted by Gasteiger charge is -2.33. The van der Waals surface area contributed by atoms with Gasteiger partial charge in [-0.25, -0.2) is 0 Å². The van der Waals surface area contributed by atoms with E-state index >= 15 is 0 Å². The average Bonchev–Trinajstić information content (AvgIpc) is 2.64. The Morgan fingerprint density at radius 3 is 2.56 bits per heavy atom. The molecule has 0 saturated carbocycles. The lowest BCUT2D eigenvalue weighted by Crippen LogP contribution is -3.15. The Hall–Kier alpha value is -2.04. The number of hydrogen-bond donors (Lipinski definition) is 2. The monoisotopic (exact) mass is 386 g/mol. The number of quaternary nitrogens is 1. The molecular weight excluding hydrogens is 358 g/mol. The van der Waals surface area contributed by atoms with Gasteiger partial charge in [0, 0.05) is 10.7 Å². The van der Waals surface area contributed by atoms with Gasteiger partial charge in [-0.3, -0.25) is 4.79 Å². The zero-order chi connectivity index (χ0) is 19.4. The third-order valence-corrected chi connectivity index (χ3v) is 5.70. The summed E-state index contributed by atoms with van der Waals surface area (Å²) in [6.07, 6.45) is 0. The van der Waals surface area contributed by atoms with Crippen LogP contribution in [0.25, 0.3) is 0 Å². The molecule has 0 unspecified atom stereocenters. The van der Waals surface area contributed by atoms with Gasteiger partial charge >= 0.3 is 0 Å². The molecule has 27 heavy (non-hydrogen) atoms. The Bertz CT molecular complexity index is 800. The van der Waals surface area contributed by atoms with E-state index in [9.17, 15) is 4.79 Å². The van der Waals surface area contributed by atoms with Crippen LogP contribution in [-0.4, -0.2) is 38.6 Å². The number of hydrogen-bond acceptors (Lipinski definition) is 2. The summed E-state index contributed by atoms with van der Waals surface area (Å²) in [6, 6.07) is 14.4. The van der Waals surface area contributed by atoms with Crippen LogP contribution in [0.5, 0.6) is 0 Å². The fourth-order valence-electron chi connectivity index (χ4n) is 3.57. The smallest absolute Gasteiger partial charge is 0.275 e. The van der Waals surface area contributed by atoms with E-state index in [1.165, 1.54) is 16.0 Å². The third-order valence-electron chi connectivity index (χ3n) is 5.46. The molecule has 0 spiro atoms. The number of benzene rings is 2. The number of carbonyl (C=O) groups excluding carboxylic acids is 1. The molecule has 1 aliphatic heterocycles. The van der Waals surface area contributed by atoms with Gasteiger partial charge in [-0.05, 0) is 55.7 Å².